The molecular weight excluding hydrogens is 585 g/mol. The van der Waals surface area contributed by atoms with Crippen molar-refractivity contribution in [3.63, 3.8) is 0 Å². The summed E-state index contributed by atoms with van der Waals surface area (Å²) < 4.78 is 9.13. The Hall–Kier alpha value is -5.41. The Kier molecular flexibility index (Phi) is 7.29. The van der Waals surface area contributed by atoms with Gasteiger partial charge in [-0.05, 0) is 101 Å². The van der Waals surface area contributed by atoms with E-state index in [-0.39, 0.29) is 11.8 Å². The van der Waals surface area contributed by atoms with Crippen LogP contribution < -0.4 is 0 Å². The van der Waals surface area contributed by atoms with Crippen LogP contribution in [-0.2, 0) is 0 Å². The topological polar surface area (TPSA) is 31.0 Å². The number of rotatable bonds is 6. The number of hydrogen-bond acceptors (Lipinski definition) is 2. The third-order valence-corrected chi connectivity index (χ3v) is 9.75. The number of benzene rings is 6. The molecule has 0 radical (unpaired) electrons. The first-order valence-corrected chi connectivity index (χ1v) is 17.0. The van der Waals surface area contributed by atoms with Crippen LogP contribution in [0.25, 0.3) is 72.3 Å². The van der Waals surface area contributed by atoms with E-state index in [1.165, 1.54) is 44.6 Å². The van der Waals surface area contributed by atoms with Crippen molar-refractivity contribution in [2.45, 2.75) is 53.4 Å². The number of fused-ring (bicyclic) bond motifs is 4. The lowest BCUT2D eigenvalue weighted by Gasteiger charge is -2.24. The van der Waals surface area contributed by atoms with Gasteiger partial charge in [-0.25, -0.2) is 4.98 Å². The lowest BCUT2D eigenvalue weighted by molar-refractivity contribution is 0.668. The maximum atomic E-state index is 6.71. The van der Waals surface area contributed by atoms with Crippen molar-refractivity contribution in [3.8, 4) is 39.3 Å². The first kappa shape index (κ1) is 30.0. The van der Waals surface area contributed by atoms with Crippen molar-refractivity contribution in [2.24, 2.45) is 0 Å². The van der Waals surface area contributed by atoms with Crippen LogP contribution in [0.2, 0.25) is 0 Å². The molecule has 48 heavy (non-hydrogen) atoms. The minimum absolute atomic E-state index is 0.279. The smallest absolute Gasteiger partial charge is 0.149 e. The summed E-state index contributed by atoms with van der Waals surface area (Å²) in [5, 5.41) is 2.25. The molecule has 0 N–H and O–H groups in total. The predicted molar refractivity (Wildman–Crippen MR) is 202 cm³/mol. The Labute approximate surface area is 282 Å². The summed E-state index contributed by atoms with van der Waals surface area (Å²) in [4.78, 5) is 5.38. The van der Waals surface area contributed by atoms with E-state index in [1.54, 1.807) is 0 Å². The maximum Gasteiger partial charge on any atom is 0.149 e. The number of imidazole rings is 1. The summed E-state index contributed by atoms with van der Waals surface area (Å²) in [5.41, 5.74) is 16.0. The van der Waals surface area contributed by atoms with Gasteiger partial charge in [-0.3, -0.25) is 4.57 Å². The third kappa shape index (κ3) is 4.93. The molecule has 8 aromatic rings. The first-order valence-electron chi connectivity index (χ1n) is 17.0. The molecule has 0 saturated carbocycles. The van der Waals surface area contributed by atoms with Gasteiger partial charge in [-0.1, -0.05) is 119 Å². The third-order valence-electron chi connectivity index (χ3n) is 9.75. The van der Waals surface area contributed by atoms with Gasteiger partial charge < -0.3 is 4.42 Å². The van der Waals surface area contributed by atoms with E-state index in [4.69, 9.17) is 9.40 Å². The molecule has 236 valence electrons. The highest BCUT2D eigenvalue weighted by Crippen LogP contribution is 2.43. The SMILES string of the molecule is Cc1ccc2c(c1)oc1c(-c3nc4ccccc4n3-c3c(C(C)C)cc(-c4ccc(-c5ccccc5)cc4)cc3C(C)C)c(C)ccc12. The Morgan fingerprint density at radius 1 is 0.583 bits per heavy atom. The van der Waals surface area contributed by atoms with Crippen LogP contribution in [0.3, 0.4) is 0 Å². The van der Waals surface area contributed by atoms with Crippen LogP contribution in [0.1, 0.15) is 61.8 Å². The average Bonchev–Trinajstić information content (AvgIpc) is 3.65. The fourth-order valence-electron chi connectivity index (χ4n) is 7.21. The van der Waals surface area contributed by atoms with Gasteiger partial charge in [0.15, 0.2) is 0 Å². The summed E-state index contributed by atoms with van der Waals surface area (Å²) in [6, 6.07) is 43.8. The first-order chi connectivity index (χ1) is 23.3. The van der Waals surface area contributed by atoms with Crippen molar-refractivity contribution < 1.29 is 4.42 Å². The molecule has 2 heterocycles. The summed E-state index contributed by atoms with van der Waals surface area (Å²) in [7, 11) is 0. The lowest BCUT2D eigenvalue weighted by Crippen LogP contribution is -2.10. The number of para-hydroxylation sites is 2. The monoisotopic (exact) mass is 624 g/mol. The summed E-state index contributed by atoms with van der Waals surface area (Å²) in [6.07, 6.45) is 0. The van der Waals surface area contributed by atoms with Crippen LogP contribution >= 0.6 is 0 Å². The number of aryl methyl sites for hydroxylation is 2. The van der Waals surface area contributed by atoms with Gasteiger partial charge >= 0.3 is 0 Å². The molecule has 0 aliphatic heterocycles. The van der Waals surface area contributed by atoms with E-state index < -0.39 is 0 Å². The van der Waals surface area contributed by atoms with E-state index in [0.29, 0.717) is 0 Å². The normalized spacial score (nSPS) is 11.9. The highest BCUT2D eigenvalue weighted by atomic mass is 16.3. The van der Waals surface area contributed by atoms with E-state index in [2.05, 4.69) is 167 Å². The molecule has 3 heteroatoms. The number of nitrogens with zero attached hydrogens (tertiary/aromatic N) is 2. The maximum absolute atomic E-state index is 6.71. The summed E-state index contributed by atoms with van der Waals surface area (Å²) in [5.74, 6) is 1.47. The van der Waals surface area contributed by atoms with Crippen LogP contribution in [0.5, 0.6) is 0 Å². The zero-order chi connectivity index (χ0) is 33.1. The molecular formula is C45H40N2O. The molecule has 0 spiro atoms. The molecule has 0 bridgehead atoms. The summed E-state index contributed by atoms with van der Waals surface area (Å²) in [6.45, 7) is 13.5. The molecule has 6 aromatic carbocycles. The Morgan fingerprint density at radius 3 is 1.88 bits per heavy atom. The van der Waals surface area contributed by atoms with Gasteiger partial charge in [0.25, 0.3) is 0 Å². The fraction of sp³-hybridized carbons (Fsp3) is 0.178. The minimum atomic E-state index is 0.279. The lowest BCUT2D eigenvalue weighted by atomic mass is 9.87. The second-order valence-electron chi connectivity index (χ2n) is 13.8. The molecule has 0 aliphatic carbocycles. The Morgan fingerprint density at radius 2 is 1.19 bits per heavy atom. The molecule has 0 saturated heterocycles. The number of hydrogen-bond donors (Lipinski definition) is 0. The standard InChI is InChI=1S/C45H40N2O/c1-27(2)37-25-34(33-20-18-32(19-21-33)31-12-8-7-9-13-31)26-38(28(3)4)43(37)47-40-15-11-10-14-39(40)46-45(47)42-30(6)17-23-36-35-22-16-29(5)24-41(35)48-44(36)42/h7-28H,1-6H3. The largest absolute Gasteiger partial charge is 0.455 e. The second-order valence-corrected chi connectivity index (χ2v) is 13.8. The van der Waals surface area contributed by atoms with Crippen molar-refractivity contribution >= 4 is 33.0 Å². The predicted octanol–water partition coefficient (Wildman–Crippen LogP) is 12.8. The molecule has 2 aromatic heterocycles. The van der Waals surface area contributed by atoms with Crippen molar-refractivity contribution in [1.82, 2.24) is 9.55 Å². The zero-order valence-corrected chi connectivity index (χ0v) is 28.5. The minimum Gasteiger partial charge on any atom is -0.455 e. The quantitative estimate of drug-likeness (QED) is 0.184. The van der Waals surface area contributed by atoms with E-state index in [0.717, 1.165) is 49.9 Å². The van der Waals surface area contributed by atoms with Crippen molar-refractivity contribution in [3.05, 3.63) is 144 Å². The Bertz CT molecular complexity index is 2430. The molecule has 0 amide bonds. The Balaban J connectivity index is 1.40. The van der Waals surface area contributed by atoms with Gasteiger partial charge in [0.1, 0.15) is 17.0 Å². The summed E-state index contributed by atoms with van der Waals surface area (Å²) >= 11 is 0. The van der Waals surface area contributed by atoms with E-state index >= 15 is 0 Å². The number of aromatic nitrogens is 2. The van der Waals surface area contributed by atoms with E-state index in [9.17, 15) is 0 Å². The highest BCUT2D eigenvalue weighted by molar-refractivity contribution is 6.10. The zero-order valence-electron chi connectivity index (χ0n) is 28.5. The van der Waals surface area contributed by atoms with Gasteiger partial charge in [0.05, 0.1) is 22.3 Å². The van der Waals surface area contributed by atoms with E-state index in [1.807, 2.05) is 0 Å². The van der Waals surface area contributed by atoms with Gasteiger partial charge in [0.2, 0.25) is 0 Å². The molecule has 0 fully saturated rings. The molecule has 0 unspecified atom stereocenters. The van der Waals surface area contributed by atoms with Crippen molar-refractivity contribution in [2.75, 3.05) is 0 Å². The second kappa shape index (κ2) is 11.7. The molecule has 0 atom stereocenters. The van der Waals surface area contributed by atoms with Gasteiger partial charge in [0, 0.05) is 10.8 Å². The molecule has 3 nitrogen and oxygen atoms in total. The highest BCUT2D eigenvalue weighted by Gasteiger charge is 2.26. The van der Waals surface area contributed by atoms with Crippen LogP contribution in [0, 0.1) is 13.8 Å². The van der Waals surface area contributed by atoms with Crippen LogP contribution in [0.15, 0.2) is 126 Å². The van der Waals surface area contributed by atoms with Gasteiger partial charge in [-0.15, -0.1) is 0 Å². The molecule has 0 aliphatic rings. The van der Waals surface area contributed by atoms with Crippen LogP contribution in [0.4, 0.5) is 0 Å². The van der Waals surface area contributed by atoms with Crippen molar-refractivity contribution in [1.29, 1.82) is 0 Å². The molecule has 8 rings (SSSR count). The fourth-order valence-corrected chi connectivity index (χ4v) is 7.21. The van der Waals surface area contributed by atoms with Gasteiger partial charge in [-0.2, -0.15) is 0 Å². The van der Waals surface area contributed by atoms with Crippen LogP contribution in [-0.4, -0.2) is 9.55 Å². The number of furan rings is 1. The average molecular weight is 625 g/mol.